The first kappa shape index (κ1) is 20.1. The van der Waals surface area contributed by atoms with Gasteiger partial charge in [-0.2, -0.15) is 0 Å². The molecule has 2 heterocycles. The van der Waals surface area contributed by atoms with Crippen molar-refractivity contribution in [3.63, 3.8) is 0 Å². The lowest BCUT2D eigenvalue weighted by Gasteiger charge is -2.34. The van der Waals surface area contributed by atoms with Crippen LogP contribution in [0.15, 0.2) is 21.6 Å². The average molecular weight is 433 g/mol. The van der Waals surface area contributed by atoms with E-state index in [-0.39, 0.29) is 17.8 Å². The Bertz CT molecular complexity index is 651. The van der Waals surface area contributed by atoms with E-state index in [1.807, 2.05) is 20.8 Å². The van der Waals surface area contributed by atoms with E-state index in [0.29, 0.717) is 24.5 Å². The minimum atomic E-state index is -1.45. The molecule has 25 heavy (non-hydrogen) atoms. The summed E-state index contributed by atoms with van der Waals surface area (Å²) in [6.45, 7) is 7.37. The van der Waals surface area contributed by atoms with Crippen molar-refractivity contribution in [3.05, 3.63) is 16.7 Å². The maximum Gasteiger partial charge on any atom is 0.410 e. The van der Waals surface area contributed by atoms with Crippen molar-refractivity contribution in [2.75, 3.05) is 25.4 Å². The molecule has 7 nitrogen and oxygen atoms in total. The number of nitrogen functional groups attached to an aromatic ring is 1. The molecule has 0 spiro atoms. The topological polar surface area (TPSA) is 97.5 Å². The molecule has 1 aromatic heterocycles. The molecular weight excluding hydrogens is 408 g/mol. The molecule has 2 atom stereocenters. The van der Waals surface area contributed by atoms with Gasteiger partial charge in [-0.15, -0.1) is 0 Å². The number of nitrogens with two attached hydrogens (primary N) is 1. The number of hydrogen-bond acceptors (Lipinski definition) is 5. The summed E-state index contributed by atoms with van der Waals surface area (Å²) in [5.74, 6) is 0.458. The van der Waals surface area contributed by atoms with Crippen LogP contribution in [-0.2, 0) is 15.7 Å². The first-order chi connectivity index (χ1) is 11.7. The smallest absolute Gasteiger partial charge is 0.410 e. The Hall–Kier alpha value is -1.19. The number of anilines is 1. The normalized spacial score (nSPS) is 19.5. The maximum atomic E-state index is 12.4. The predicted octanol–water partition coefficient (Wildman–Crippen LogP) is 2.69. The van der Waals surface area contributed by atoms with Gasteiger partial charge in [0.1, 0.15) is 22.4 Å². The van der Waals surface area contributed by atoms with Crippen LogP contribution in [0.25, 0.3) is 0 Å². The molecular formula is C16H25BrN4O3S. The highest BCUT2D eigenvalue weighted by atomic mass is 79.9. The highest BCUT2D eigenvalue weighted by Gasteiger charge is 2.27. The van der Waals surface area contributed by atoms with Gasteiger partial charge in [-0.1, -0.05) is 0 Å². The van der Waals surface area contributed by atoms with Crippen LogP contribution in [0.4, 0.5) is 10.6 Å². The number of hydrogen-bond donors (Lipinski definition) is 2. The van der Waals surface area contributed by atoms with Gasteiger partial charge in [0.05, 0.1) is 4.90 Å². The average Bonchev–Trinajstić information content (AvgIpc) is 2.53. The van der Waals surface area contributed by atoms with Crippen LogP contribution in [0.3, 0.4) is 0 Å². The number of nitrogens with one attached hydrogen (secondary N) is 1. The third kappa shape index (κ3) is 6.23. The van der Waals surface area contributed by atoms with Crippen molar-refractivity contribution in [1.82, 2.24) is 14.6 Å². The van der Waals surface area contributed by atoms with E-state index in [2.05, 4.69) is 25.6 Å². The SMILES string of the molecule is CC(C)(C)OC(=O)N1CCC[C@@H](CNS(=O)c2cc(Br)cnc2N)C1. The van der Waals surface area contributed by atoms with E-state index < -0.39 is 16.6 Å². The number of carbonyl (C=O) groups excluding carboxylic acids is 1. The molecule has 140 valence electrons. The number of amides is 1. The van der Waals surface area contributed by atoms with Crippen LogP contribution in [0.5, 0.6) is 0 Å². The molecule has 9 heteroatoms. The summed E-state index contributed by atoms with van der Waals surface area (Å²) in [4.78, 5) is 18.4. The van der Waals surface area contributed by atoms with Crippen LogP contribution in [0.2, 0.25) is 0 Å². The van der Waals surface area contributed by atoms with E-state index in [1.165, 1.54) is 0 Å². The lowest BCUT2D eigenvalue weighted by atomic mass is 9.99. The van der Waals surface area contributed by atoms with Crippen molar-refractivity contribution < 1.29 is 13.7 Å². The molecule has 1 aliphatic heterocycles. The molecule has 1 aliphatic rings. The summed E-state index contributed by atoms with van der Waals surface area (Å²) in [6.07, 6.45) is 3.14. The third-order valence-corrected chi connectivity index (χ3v) is 5.31. The van der Waals surface area contributed by atoms with Crippen LogP contribution in [0.1, 0.15) is 33.6 Å². The molecule has 2 rings (SSSR count). The van der Waals surface area contributed by atoms with Gasteiger partial charge in [-0.25, -0.2) is 18.7 Å². The van der Waals surface area contributed by atoms with Gasteiger partial charge in [0.15, 0.2) is 0 Å². The maximum absolute atomic E-state index is 12.4. The number of pyridine rings is 1. The number of nitrogens with zero attached hydrogens (tertiary/aromatic N) is 2. The Morgan fingerprint density at radius 1 is 1.56 bits per heavy atom. The van der Waals surface area contributed by atoms with Gasteiger partial charge in [-0.05, 0) is 61.5 Å². The lowest BCUT2D eigenvalue weighted by Crippen LogP contribution is -2.45. The van der Waals surface area contributed by atoms with Crippen molar-refractivity contribution in [1.29, 1.82) is 0 Å². The zero-order valence-corrected chi connectivity index (χ0v) is 17.2. The molecule has 3 N–H and O–H groups in total. The predicted molar refractivity (Wildman–Crippen MR) is 101 cm³/mol. The van der Waals surface area contributed by atoms with Crippen LogP contribution >= 0.6 is 15.9 Å². The minimum absolute atomic E-state index is 0.214. The second-order valence-electron chi connectivity index (χ2n) is 7.09. The van der Waals surface area contributed by atoms with E-state index in [4.69, 9.17) is 10.5 Å². The number of aromatic nitrogens is 1. The molecule has 0 saturated carbocycles. The summed E-state index contributed by atoms with van der Waals surface area (Å²) in [5, 5.41) is 0. The summed E-state index contributed by atoms with van der Waals surface area (Å²) in [7, 11) is -1.45. The Morgan fingerprint density at radius 3 is 2.96 bits per heavy atom. The Balaban J connectivity index is 1.89. The number of halogens is 1. The Labute approximate surface area is 159 Å². The van der Waals surface area contributed by atoms with Gasteiger partial charge in [-0.3, -0.25) is 0 Å². The van der Waals surface area contributed by atoms with Gasteiger partial charge in [0.2, 0.25) is 0 Å². The van der Waals surface area contributed by atoms with Crippen LogP contribution in [0, 0.1) is 5.92 Å². The van der Waals surface area contributed by atoms with Crippen molar-refractivity contribution in [3.8, 4) is 0 Å². The lowest BCUT2D eigenvalue weighted by molar-refractivity contribution is 0.0169. The fraction of sp³-hybridized carbons (Fsp3) is 0.625. The molecule has 0 bridgehead atoms. The zero-order chi connectivity index (χ0) is 18.6. The highest BCUT2D eigenvalue weighted by molar-refractivity contribution is 9.10. The van der Waals surface area contributed by atoms with Gasteiger partial charge in [0.25, 0.3) is 0 Å². The number of rotatable bonds is 4. The van der Waals surface area contributed by atoms with Crippen molar-refractivity contribution in [2.24, 2.45) is 5.92 Å². The first-order valence-electron chi connectivity index (χ1n) is 8.20. The molecule has 1 fully saturated rings. The van der Waals surface area contributed by atoms with Gasteiger partial charge >= 0.3 is 6.09 Å². The van der Waals surface area contributed by atoms with Crippen molar-refractivity contribution >= 4 is 38.8 Å². The number of likely N-dealkylation sites (tertiary alicyclic amines) is 1. The molecule has 1 amide bonds. The molecule has 1 aromatic rings. The fourth-order valence-electron chi connectivity index (χ4n) is 2.58. The minimum Gasteiger partial charge on any atom is -0.444 e. The fourth-order valence-corrected chi connectivity index (χ4v) is 4.08. The molecule has 1 saturated heterocycles. The van der Waals surface area contributed by atoms with Crippen molar-refractivity contribution in [2.45, 2.75) is 44.1 Å². The summed E-state index contributed by atoms with van der Waals surface area (Å²) < 4.78 is 21.6. The number of piperidine rings is 1. The van der Waals surface area contributed by atoms with E-state index in [0.717, 1.165) is 17.3 Å². The summed E-state index contributed by atoms with van der Waals surface area (Å²) in [5.41, 5.74) is 5.28. The second kappa shape index (κ2) is 8.46. The molecule has 0 radical (unpaired) electrons. The van der Waals surface area contributed by atoms with Crippen LogP contribution in [-0.4, -0.2) is 45.4 Å². The summed E-state index contributed by atoms with van der Waals surface area (Å²) in [6, 6.07) is 1.69. The number of carbonyl (C=O) groups is 1. The van der Waals surface area contributed by atoms with E-state index >= 15 is 0 Å². The zero-order valence-electron chi connectivity index (χ0n) is 14.8. The third-order valence-electron chi connectivity index (χ3n) is 3.72. The Kier molecular flexibility index (Phi) is 6.81. The largest absolute Gasteiger partial charge is 0.444 e. The molecule has 1 unspecified atom stereocenters. The van der Waals surface area contributed by atoms with Gasteiger partial charge in [0, 0.05) is 30.3 Å². The second-order valence-corrected chi connectivity index (χ2v) is 9.27. The Morgan fingerprint density at radius 2 is 2.28 bits per heavy atom. The molecule has 0 aromatic carbocycles. The quantitative estimate of drug-likeness (QED) is 0.761. The van der Waals surface area contributed by atoms with E-state index in [1.54, 1.807) is 17.2 Å². The van der Waals surface area contributed by atoms with Gasteiger partial charge < -0.3 is 15.4 Å². The highest BCUT2D eigenvalue weighted by Crippen LogP contribution is 2.21. The number of ether oxygens (including phenoxy) is 1. The summed E-state index contributed by atoms with van der Waals surface area (Å²) >= 11 is 3.30. The standard InChI is InChI=1S/C16H25BrN4O3S/c1-16(2,3)24-15(22)21-6-4-5-11(10-21)8-20-25(23)13-7-12(17)9-19-14(13)18/h7,9,11,20H,4-6,8,10H2,1-3H3,(H2,18,19)/t11-,25?/m0/s1. The monoisotopic (exact) mass is 432 g/mol. The molecule has 0 aliphatic carbocycles. The van der Waals surface area contributed by atoms with Crippen LogP contribution < -0.4 is 10.5 Å². The van der Waals surface area contributed by atoms with E-state index in [9.17, 15) is 9.00 Å². The first-order valence-corrected chi connectivity index (χ1v) is 10.1.